The van der Waals surface area contributed by atoms with Gasteiger partial charge in [-0.3, -0.25) is 9.88 Å². The van der Waals surface area contributed by atoms with E-state index in [4.69, 9.17) is 0 Å². The fourth-order valence-electron chi connectivity index (χ4n) is 2.17. The first-order valence-corrected chi connectivity index (χ1v) is 6.81. The Balaban J connectivity index is 2.67. The van der Waals surface area contributed by atoms with E-state index >= 15 is 0 Å². The van der Waals surface area contributed by atoms with E-state index in [0.717, 1.165) is 12.3 Å². The summed E-state index contributed by atoms with van der Waals surface area (Å²) >= 11 is 0. The highest BCUT2D eigenvalue weighted by Crippen LogP contribution is 2.23. The zero-order valence-electron chi connectivity index (χ0n) is 12.1. The van der Waals surface area contributed by atoms with Crippen LogP contribution >= 0.6 is 0 Å². The average Bonchev–Trinajstić information content (AvgIpc) is 2.37. The Hall–Kier alpha value is -1.21. The number of aliphatic hydroxyl groups is 1. The second-order valence-corrected chi connectivity index (χ2v) is 5.17. The largest absolute Gasteiger partial charge is 0.401 e. The maximum Gasteiger partial charge on any atom is 0.401 e. The molecule has 0 spiro atoms. The molecule has 120 valence electrons. The Morgan fingerprint density at radius 2 is 2.00 bits per heavy atom. The van der Waals surface area contributed by atoms with E-state index in [1.165, 1.54) is 11.0 Å². The molecule has 0 aliphatic heterocycles. The number of aliphatic hydroxyl groups excluding tert-OH is 1. The molecule has 1 aromatic heterocycles. The van der Waals surface area contributed by atoms with Crippen molar-refractivity contribution in [3.8, 4) is 0 Å². The normalized spacial score (nSPS) is 15.2. The van der Waals surface area contributed by atoms with Crippen LogP contribution in [-0.4, -0.2) is 40.8 Å². The molecule has 1 heterocycles. The highest BCUT2D eigenvalue weighted by molar-refractivity contribution is 5.08. The lowest BCUT2D eigenvalue weighted by Gasteiger charge is -2.28. The molecular weight excluding hydrogens is 288 g/mol. The van der Waals surface area contributed by atoms with E-state index in [2.05, 4.69) is 4.98 Å². The standard InChI is InChI=1S/C14H20F4N2O/c1-3-6-20(9-14(16,17)18)8-10(2)13(21)12-5-4-11(15)7-19-12/h4-5,7,10,13,21H,3,6,8-9H2,1-2H3. The van der Waals surface area contributed by atoms with Crippen LogP contribution in [0.3, 0.4) is 0 Å². The van der Waals surface area contributed by atoms with Crippen molar-refractivity contribution in [2.24, 2.45) is 5.92 Å². The lowest BCUT2D eigenvalue weighted by atomic mass is 10.0. The SMILES string of the molecule is CCCN(CC(C)C(O)c1ccc(F)cn1)CC(F)(F)F. The number of hydrogen-bond acceptors (Lipinski definition) is 3. The molecular formula is C14H20F4N2O. The Morgan fingerprint density at radius 1 is 1.33 bits per heavy atom. The lowest BCUT2D eigenvalue weighted by molar-refractivity contribution is -0.148. The van der Waals surface area contributed by atoms with E-state index < -0.39 is 30.6 Å². The predicted octanol–water partition coefficient (Wildman–Crippen LogP) is 3.16. The molecule has 7 heteroatoms. The van der Waals surface area contributed by atoms with Gasteiger partial charge in [0, 0.05) is 12.5 Å². The summed E-state index contributed by atoms with van der Waals surface area (Å²) in [6.07, 6.45) is -3.73. The average molecular weight is 308 g/mol. The van der Waals surface area contributed by atoms with Gasteiger partial charge in [-0.25, -0.2) is 4.39 Å². The van der Waals surface area contributed by atoms with Crippen molar-refractivity contribution in [2.45, 2.75) is 32.5 Å². The molecule has 1 N–H and O–H groups in total. The summed E-state index contributed by atoms with van der Waals surface area (Å²) in [7, 11) is 0. The van der Waals surface area contributed by atoms with Gasteiger partial charge < -0.3 is 5.11 Å². The van der Waals surface area contributed by atoms with Gasteiger partial charge in [-0.2, -0.15) is 13.2 Å². The second kappa shape index (κ2) is 7.70. The fourth-order valence-corrected chi connectivity index (χ4v) is 2.17. The molecule has 0 fully saturated rings. The molecule has 0 aromatic carbocycles. The van der Waals surface area contributed by atoms with Gasteiger partial charge in [-0.05, 0) is 25.1 Å². The van der Waals surface area contributed by atoms with Crippen molar-refractivity contribution in [2.75, 3.05) is 19.6 Å². The molecule has 1 rings (SSSR count). The number of aromatic nitrogens is 1. The topological polar surface area (TPSA) is 36.4 Å². The molecule has 0 bridgehead atoms. The van der Waals surface area contributed by atoms with E-state index in [-0.39, 0.29) is 12.2 Å². The Morgan fingerprint density at radius 3 is 2.48 bits per heavy atom. The number of nitrogens with zero attached hydrogens (tertiary/aromatic N) is 2. The third-order valence-electron chi connectivity index (χ3n) is 3.08. The van der Waals surface area contributed by atoms with Gasteiger partial charge in [0.25, 0.3) is 0 Å². The Kier molecular flexibility index (Phi) is 6.54. The minimum Gasteiger partial charge on any atom is -0.386 e. The van der Waals surface area contributed by atoms with E-state index in [1.807, 2.05) is 0 Å². The van der Waals surface area contributed by atoms with Crippen LogP contribution in [0.1, 0.15) is 32.1 Å². The summed E-state index contributed by atoms with van der Waals surface area (Å²) in [6, 6.07) is 2.50. The minimum atomic E-state index is -4.27. The van der Waals surface area contributed by atoms with Gasteiger partial charge in [0.05, 0.1) is 24.5 Å². The maximum absolute atomic E-state index is 12.8. The molecule has 0 amide bonds. The summed E-state index contributed by atoms with van der Waals surface area (Å²) in [4.78, 5) is 5.02. The molecule has 0 saturated carbocycles. The summed E-state index contributed by atoms with van der Waals surface area (Å²) in [5, 5.41) is 10.1. The first-order valence-electron chi connectivity index (χ1n) is 6.81. The summed E-state index contributed by atoms with van der Waals surface area (Å²) < 4.78 is 50.2. The first-order chi connectivity index (χ1) is 9.73. The van der Waals surface area contributed by atoms with Crippen molar-refractivity contribution in [1.82, 2.24) is 9.88 Å². The summed E-state index contributed by atoms with van der Waals surface area (Å²) in [5.74, 6) is -0.972. The van der Waals surface area contributed by atoms with Crippen molar-refractivity contribution in [1.29, 1.82) is 0 Å². The van der Waals surface area contributed by atoms with E-state index in [1.54, 1.807) is 13.8 Å². The number of pyridine rings is 1. The second-order valence-electron chi connectivity index (χ2n) is 5.17. The molecule has 3 nitrogen and oxygen atoms in total. The van der Waals surface area contributed by atoms with Crippen LogP contribution in [-0.2, 0) is 0 Å². The van der Waals surface area contributed by atoms with Crippen LogP contribution < -0.4 is 0 Å². The van der Waals surface area contributed by atoms with E-state index in [0.29, 0.717) is 13.0 Å². The van der Waals surface area contributed by atoms with Gasteiger partial charge in [0.15, 0.2) is 0 Å². The summed E-state index contributed by atoms with van der Waals surface area (Å²) in [5.41, 5.74) is 0.257. The first kappa shape index (κ1) is 17.8. The molecule has 0 aliphatic rings. The zero-order valence-corrected chi connectivity index (χ0v) is 12.1. The fraction of sp³-hybridized carbons (Fsp3) is 0.643. The van der Waals surface area contributed by atoms with E-state index in [9.17, 15) is 22.7 Å². The number of halogens is 4. The van der Waals surface area contributed by atoms with Crippen LogP contribution in [0, 0.1) is 11.7 Å². The minimum absolute atomic E-state index is 0.0908. The van der Waals surface area contributed by atoms with Crippen molar-refractivity contribution >= 4 is 0 Å². The Labute approximate surface area is 121 Å². The van der Waals surface area contributed by atoms with Crippen LogP contribution in [0.2, 0.25) is 0 Å². The van der Waals surface area contributed by atoms with Gasteiger partial charge in [-0.1, -0.05) is 13.8 Å². The van der Waals surface area contributed by atoms with Crippen LogP contribution in [0.5, 0.6) is 0 Å². The number of hydrogen-bond donors (Lipinski definition) is 1. The maximum atomic E-state index is 12.8. The Bertz CT molecular complexity index is 422. The van der Waals surface area contributed by atoms with Gasteiger partial charge >= 0.3 is 6.18 Å². The molecule has 21 heavy (non-hydrogen) atoms. The van der Waals surface area contributed by atoms with Crippen LogP contribution in [0.25, 0.3) is 0 Å². The van der Waals surface area contributed by atoms with Crippen LogP contribution in [0.15, 0.2) is 18.3 Å². The quantitative estimate of drug-likeness (QED) is 0.786. The highest BCUT2D eigenvalue weighted by Gasteiger charge is 2.31. The third-order valence-corrected chi connectivity index (χ3v) is 3.08. The zero-order chi connectivity index (χ0) is 16.0. The number of alkyl halides is 3. The molecule has 1 aromatic rings. The molecule has 0 saturated heterocycles. The van der Waals surface area contributed by atoms with Crippen LogP contribution in [0.4, 0.5) is 17.6 Å². The van der Waals surface area contributed by atoms with Gasteiger partial charge in [-0.15, -0.1) is 0 Å². The molecule has 0 aliphatic carbocycles. The smallest absolute Gasteiger partial charge is 0.386 e. The van der Waals surface area contributed by atoms with Crippen molar-refractivity contribution in [3.05, 3.63) is 29.8 Å². The lowest BCUT2D eigenvalue weighted by Crippen LogP contribution is -2.38. The molecule has 2 atom stereocenters. The molecule has 0 radical (unpaired) electrons. The van der Waals surface area contributed by atoms with Crippen molar-refractivity contribution in [3.63, 3.8) is 0 Å². The van der Waals surface area contributed by atoms with Gasteiger partial charge in [0.1, 0.15) is 5.82 Å². The van der Waals surface area contributed by atoms with Crippen molar-refractivity contribution < 1.29 is 22.7 Å². The third kappa shape index (κ3) is 6.39. The molecule has 2 unspecified atom stereocenters. The summed E-state index contributed by atoms with van der Waals surface area (Å²) in [6.45, 7) is 2.83. The van der Waals surface area contributed by atoms with Gasteiger partial charge in [0.2, 0.25) is 0 Å². The number of rotatable bonds is 7. The highest BCUT2D eigenvalue weighted by atomic mass is 19.4. The predicted molar refractivity (Wildman–Crippen MR) is 71.1 cm³/mol. The monoisotopic (exact) mass is 308 g/mol.